The van der Waals surface area contributed by atoms with Crippen LogP contribution in [-0.2, 0) is 0 Å². The van der Waals surface area contributed by atoms with Crippen LogP contribution >= 0.6 is 0 Å². The van der Waals surface area contributed by atoms with Crippen LogP contribution in [-0.4, -0.2) is 15.2 Å². The number of hydrogen-bond acceptors (Lipinski definition) is 3. The highest BCUT2D eigenvalue weighted by molar-refractivity contribution is 5.66. The van der Waals surface area contributed by atoms with Crippen LogP contribution < -0.4 is 0 Å². The fourth-order valence-electron chi connectivity index (χ4n) is 1.79. The van der Waals surface area contributed by atoms with Crippen LogP contribution in [0, 0.1) is 0 Å². The molecule has 0 aliphatic carbocycles. The summed E-state index contributed by atoms with van der Waals surface area (Å²) in [6.45, 7) is 0. The van der Waals surface area contributed by atoms with E-state index in [0.29, 0.717) is 0 Å². The zero-order valence-electron chi connectivity index (χ0n) is 9.69. The van der Waals surface area contributed by atoms with Gasteiger partial charge in [-0.1, -0.05) is 36.4 Å². The average molecular weight is 233 g/mol. The van der Waals surface area contributed by atoms with Crippen LogP contribution in [0.2, 0.25) is 0 Å². The Morgan fingerprint density at radius 2 is 1.56 bits per heavy atom. The van der Waals surface area contributed by atoms with Gasteiger partial charge in [0.05, 0.1) is 17.6 Å². The highest BCUT2D eigenvalue weighted by Crippen LogP contribution is 2.21. The first kappa shape index (κ1) is 10.6. The van der Waals surface area contributed by atoms with E-state index in [2.05, 4.69) is 15.2 Å². The number of nitrogens with zero attached hydrogens (tertiary/aromatic N) is 3. The van der Waals surface area contributed by atoms with Gasteiger partial charge >= 0.3 is 0 Å². The van der Waals surface area contributed by atoms with Crippen molar-refractivity contribution in [3.05, 3.63) is 67.0 Å². The minimum absolute atomic E-state index is 0.860. The van der Waals surface area contributed by atoms with E-state index in [9.17, 15) is 0 Å². The molecule has 0 spiro atoms. The summed E-state index contributed by atoms with van der Waals surface area (Å²) in [7, 11) is 0. The van der Waals surface area contributed by atoms with Crippen molar-refractivity contribution in [3.63, 3.8) is 0 Å². The highest BCUT2D eigenvalue weighted by atomic mass is 15.1. The molecule has 18 heavy (non-hydrogen) atoms. The Balaban J connectivity index is 2.05. The van der Waals surface area contributed by atoms with E-state index in [0.717, 1.165) is 22.5 Å². The molecule has 0 unspecified atom stereocenters. The zero-order chi connectivity index (χ0) is 12.2. The second-order valence-corrected chi connectivity index (χ2v) is 3.91. The molecular weight excluding hydrogens is 222 g/mol. The standard InChI is InChI=1S/C15H11N3/c1-2-6-12(7-3-1)15-10-13(11-17-18-15)14-8-4-5-9-16-14/h1-11H. The third-order valence-electron chi connectivity index (χ3n) is 2.68. The third kappa shape index (κ3) is 2.11. The number of benzene rings is 1. The fraction of sp³-hybridized carbons (Fsp3) is 0. The molecule has 0 aliphatic rings. The van der Waals surface area contributed by atoms with Gasteiger partial charge in [0.15, 0.2) is 0 Å². The molecule has 0 fully saturated rings. The van der Waals surface area contributed by atoms with Crippen LogP contribution in [0.3, 0.4) is 0 Å². The van der Waals surface area contributed by atoms with Crippen molar-refractivity contribution in [3.8, 4) is 22.5 Å². The summed E-state index contributed by atoms with van der Waals surface area (Å²) in [4.78, 5) is 4.32. The molecule has 3 heteroatoms. The molecule has 0 amide bonds. The minimum atomic E-state index is 0.860. The van der Waals surface area contributed by atoms with Crippen molar-refractivity contribution < 1.29 is 0 Å². The molecule has 0 atom stereocenters. The lowest BCUT2D eigenvalue weighted by Gasteiger charge is -2.03. The van der Waals surface area contributed by atoms with E-state index >= 15 is 0 Å². The lowest BCUT2D eigenvalue weighted by atomic mass is 10.1. The quantitative estimate of drug-likeness (QED) is 0.682. The molecule has 86 valence electrons. The first-order chi connectivity index (χ1) is 8.93. The molecular formula is C15H11N3. The lowest BCUT2D eigenvalue weighted by molar-refractivity contribution is 1.04. The van der Waals surface area contributed by atoms with Crippen LogP contribution in [0.4, 0.5) is 0 Å². The molecule has 0 saturated carbocycles. The summed E-state index contributed by atoms with van der Waals surface area (Å²) < 4.78 is 0. The Morgan fingerprint density at radius 1 is 0.722 bits per heavy atom. The van der Waals surface area contributed by atoms with Crippen molar-refractivity contribution in [2.45, 2.75) is 0 Å². The van der Waals surface area contributed by atoms with E-state index in [1.165, 1.54) is 0 Å². The summed E-state index contributed by atoms with van der Waals surface area (Å²) in [6.07, 6.45) is 3.51. The van der Waals surface area contributed by atoms with Crippen LogP contribution in [0.25, 0.3) is 22.5 Å². The Morgan fingerprint density at radius 3 is 2.33 bits per heavy atom. The predicted molar refractivity (Wildman–Crippen MR) is 70.7 cm³/mol. The Hall–Kier alpha value is -2.55. The largest absolute Gasteiger partial charge is 0.256 e. The van der Waals surface area contributed by atoms with Gasteiger partial charge in [-0.3, -0.25) is 4.98 Å². The van der Waals surface area contributed by atoms with Gasteiger partial charge in [-0.25, -0.2) is 0 Å². The normalized spacial score (nSPS) is 10.2. The molecule has 0 bridgehead atoms. The number of pyridine rings is 1. The molecule has 0 N–H and O–H groups in total. The van der Waals surface area contributed by atoms with Crippen molar-refractivity contribution in [2.24, 2.45) is 0 Å². The van der Waals surface area contributed by atoms with Gasteiger partial charge in [0.2, 0.25) is 0 Å². The van der Waals surface area contributed by atoms with Crippen molar-refractivity contribution in [1.82, 2.24) is 15.2 Å². The first-order valence-electron chi connectivity index (χ1n) is 5.73. The molecule has 3 rings (SSSR count). The topological polar surface area (TPSA) is 38.7 Å². The van der Waals surface area contributed by atoms with Gasteiger partial charge < -0.3 is 0 Å². The minimum Gasteiger partial charge on any atom is -0.256 e. The monoisotopic (exact) mass is 233 g/mol. The van der Waals surface area contributed by atoms with Gasteiger partial charge in [0.1, 0.15) is 0 Å². The summed E-state index contributed by atoms with van der Waals surface area (Å²) in [5.74, 6) is 0. The van der Waals surface area contributed by atoms with Crippen LogP contribution in [0.5, 0.6) is 0 Å². The van der Waals surface area contributed by atoms with E-state index in [1.807, 2.05) is 54.6 Å². The van der Waals surface area contributed by atoms with E-state index < -0.39 is 0 Å². The SMILES string of the molecule is c1ccc(-c2cc(-c3ccccn3)cnn2)cc1. The van der Waals surface area contributed by atoms with Gasteiger partial charge in [-0.15, -0.1) is 0 Å². The molecule has 0 saturated heterocycles. The van der Waals surface area contributed by atoms with Gasteiger partial charge in [0, 0.05) is 17.3 Å². The Kier molecular flexibility index (Phi) is 2.80. The van der Waals surface area contributed by atoms with Crippen LogP contribution in [0.15, 0.2) is 67.0 Å². The number of aromatic nitrogens is 3. The van der Waals surface area contributed by atoms with Gasteiger partial charge in [-0.05, 0) is 18.2 Å². The third-order valence-corrected chi connectivity index (χ3v) is 2.68. The molecule has 0 radical (unpaired) electrons. The maximum atomic E-state index is 4.32. The molecule has 1 aromatic carbocycles. The molecule has 0 aliphatic heterocycles. The van der Waals surface area contributed by atoms with E-state index in [-0.39, 0.29) is 0 Å². The predicted octanol–water partition coefficient (Wildman–Crippen LogP) is 3.21. The van der Waals surface area contributed by atoms with E-state index in [4.69, 9.17) is 0 Å². The van der Waals surface area contributed by atoms with Gasteiger partial charge in [-0.2, -0.15) is 10.2 Å². The highest BCUT2D eigenvalue weighted by Gasteiger charge is 2.03. The molecule has 2 aromatic heterocycles. The molecule has 3 aromatic rings. The second-order valence-electron chi connectivity index (χ2n) is 3.91. The second kappa shape index (κ2) is 4.75. The van der Waals surface area contributed by atoms with Crippen LogP contribution in [0.1, 0.15) is 0 Å². The Labute approximate surface area is 105 Å². The summed E-state index contributed by atoms with van der Waals surface area (Å²) >= 11 is 0. The number of rotatable bonds is 2. The number of hydrogen-bond donors (Lipinski definition) is 0. The van der Waals surface area contributed by atoms with E-state index in [1.54, 1.807) is 12.4 Å². The van der Waals surface area contributed by atoms with Crippen molar-refractivity contribution >= 4 is 0 Å². The maximum Gasteiger partial charge on any atom is 0.0936 e. The van der Waals surface area contributed by atoms with Crippen molar-refractivity contribution in [2.75, 3.05) is 0 Å². The summed E-state index contributed by atoms with van der Waals surface area (Å²) in [5, 5.41) is 8.20. The first-order valence-corrected chi connectivity index (χ1v) is 5.73. The summed E-state index contributed by atoms with van der Waals surface area (Å²) in [5.41, 5.74) is 3.80. The maximum absolute atomic E-state index is 4.32. The smallest absolute Gasteiger partial charge is 0.0936 e. The lowest BCUT2D eigenvalue weighted by Crippen LogP contribution is -1.90. The van der Waals surface area contributed by atoms with Crippen molar-refractivity contribution in [1.29, 1.82) is 0 Å². The Bertz CT molecular complexity index is 581. The van der Waals surface area contributed by atoms with Gasteiger partial charge in [0.25, 0.3) is 0 Å². The average Bonchev–Trinajstić information content (AvgIpc) is 2.49. The fourth-order valence-corrected chi connectivity index (χ4v) is 1.79. The zero-order valence-corrected chi connectivity index (χ0v) is 9.69. The molecule has 2 heterocycles. The molecule has 3 nitrogen and oxygen atoms in total. The summed E-state index contributed by atoms with van der Waals surface area (Å²) in [6, 6.07) is 17.8.